The summed E-state index contributed by atoms with van der Waals surface area (Å²) in [7, 11) is 1.78. The lowest BCUT2D eigenvalue weighted by Gasteiger charge is -2.41. The zero-order valence-electron chi connectivity index (χ0n) is 17.5. The molecule has 152 valence electrons. The third-order valence-corrected chi connectivity index (χ3v) is 4.94. The summed E-state index contributed by atoms with van der Waals surface area (Å²) in [6.07, 6.45) is 5.24. The first-order valence-corrected chi connectivity index (χ1v) is 10.0. The van der Waals surface area contributed by atoms with E-state index in [-0.39, 0.29) is 11.6 Å². The fraction of sp³-hybridized carbons (Fsp3) is 0.364. The second kappa shape index (κ2) is 9.32. The van der Waals surface area contributed by atoms with Gasteiger partial charge in [-0.1, -0.05) is 19.9 Å². The maximum absolute atomic E-state index is 12.5. The molecule has 0 saturated carbocycles. The number of piperazine rings is 1. The second-order valence-corrected chi connectivity index (χ2v) is 6.75. The Labute approximate surface area is 171 Å². The van der Waals surface area contributed by atoms with E-state index in [0.717, 1.165) is 31.0 Å². The molecule has 7 nitrogen and oxygen atoms in total. The molecule has 0 N–H and O–H groups in total. The van der Waals surface area contributed by atoms with E-state index in [4.69, 9.17) is 4.98 Å². The fourth-order valence-electron chi connectivity index (χ4n) is 3.46. The number of hydrogen-bond acceptors (Lipinski definition) is 6. The van der Waals surface area contributed by atoms with Crippen molar-refractivity contribution in [1.29, 1.82) is 0 Å². The predicted molar refractivity (Wildman–Crippen MR) is 117 cm³/mol. The van der Waals surface area contributed by atoms with Gasteiger partial charge in [0.25, 0.3) is 5.56 Å². The van der Waals surface area contributed by atoms with E-state index in [1.807, 2.05) is 50.4 Å². The summed E-state index contributed by atoms with van der Waals surface area (Å²) in [5.74, 6) is 1.68. The molecule has 1 unspecified atom stereocenters. The van der Waals surface area contributed by atoms with Crippen molar-refractivity contribution in [1.82, 2.24) is 19.5 Å². The maximum Gasteiger partial charge on any atom is 0.255 e. The summed E-state index contributed by atoms with van der Waals surface area (Å²) in [6, 6.07) is 11.5. The third kappa shape index (κ3) is 4.45. The van der Waals surface area contributed by atoms with Crippen molar-refractivity contribution >= 4 is 11.8 Å². The fourth-order valence-corrected chi connectivity index (χ4v) is 3.46. The Morgan fingerprint density at radius 2 is 1.79 bits per heavy atom. The van der Waals surface area contributed by atoms with E-state index < -0.39 is 0 Å². The molecule has 0 amide bonds. The summed E-state index contributed by atoms with van der Waals surface area (Å²) in [5, 5.41) is 0. The second-order valence-electron chi connectivity index (χ2n) is 6.75. The topological polar surface area (TPSA) is 67.2 Å². The minimum Gasteiger partial charge on any atom is -0.353 e. The molecule has 3 aromatic heterocycles. The van der Waals surface area contributed by atoms with Crippen LogP contribution in [0, 0.1) is 0 Å². The van der Waals surface area contributed by atoms with Crippen LogP contribution in [0.1, 0.15) is 20.8 Å². The molecule has 0 bridgehead atoms. The van der Waals surface area contributed by atoms with Crippen LogP contribution < -0.4 is 15.4 Å². The van der Waals surface area contributed by atoms with Crippen LogP contribution in [0.3, 0.4) is 0 Å². The highest BCUT2D eigenvalue weighted by Gasteiger charge is 2.27. The molecule has 0 spiro atoms. The van der Waals surface area contributed by atoms with Gasteiger partial charge in [0.2, 0.25) is 5.95 Å². The number of anilines is 2. The average Bonchev–Trinajstić information content (AvgIpc) is 2.78. The lowest BCUT2D eigenvalue weighted by Crippen LogP contribution is -2.53. The zero-order chi connectivity index (χ0) is 20.8. The van der Waals surface area contributed by atoms with Crippen LogP contribution in [0.5, 0.6) is 0 Å². The van der Waals surface area contributed by atoms with Crippen molar-refractivity contribution in [2.75, 3.05) is 29.4 Å². The van der Waals surface area contributed by atoms with Gasteiger partial charge in [0.1, 0.15) is 5.82 Å². The molecule has 29 heavy (non-hydrogen) atoms. The van der Waals surface area contributed by atoms with Crippen LogP contribution in [0.2, 0.25) is 0 Å². The lowest BCUT2D eigenvalue weighted by molar-refractivity contribution is 0.527. The van der Waals surface area contributed by atoms with E-state index in [2.05, 4.69) is 26.7 Å². The van der Waals surface area contributed by atoms with Crippen LogP contribution in [-0.4, -0.2) is 45.2 Å². The molecule has 0 aromatic carbocycles. The van der Waals surface area contributed by atoms with Gasteiger partial charge in [0, 0.05) is 62.9 Å². The molecule has 3 aromatic rings. The van der Waals surface area contributed by atoms with Crippen LogP contribution in [0.25, 0.3) is 11.3 Å². The number of rotatable bonds is 3. The summed E-state index contributed by atoms with van der Waals surface area (Å²) in [4.78, 5) is 30.3. The Morgan fingerprint density at radius 1 is 1.03 bits per heavy atom. The van der Waals surface area contributed by atoms with Crippen molar-refractivity contribution in [3.63, 3.8) is 0 Å². The normalized spacial score (nSPS) is 16.2. The number of nitrogens with zero attached hydrogens (tertiary/aromatic N) is 6. The van der Waals surface area contributed by atoms with Gasteiger partial charge < -0.3 is 9.80 Å². The van der Waals surface area contributed by atoms with Gasteiger partial charge in [-0.05, 0) is 31.2 Å². The largest absolute Gasteiger partial charge is 0.353 e. The van der Waals surface area contributed by atoms with Gasteiger partial charge in [-0.15, -0.1) is 0 Å². The molecule has 0 radical (unpaired) electrons. The highest BCUT2D eigenvalue weighted by atomic mass is 16.1. The first kappa shape index (κ1) is 20.5. The standard InChI is InChI=1S/C20H22N6O.C2H6/c1-15-14-25(18-5-3-4-8-22-18)11-12-26(15)20-23-17(13-19(27)24(20)2)16-6-9-21-10-7-16;1-2/h3-10,13,15H,11-12,14H2,1-2H3;1-2H3. The maximum atomic E-state index is 12.5. The van der Waals surface area contributed by atoms with Gasteiger partial charge in [0.05, 0.1) is 5.69 Å². The Bertz CT molecular complexity index is 974. The van der Waals surface area contributed by atoms with Crippen LogP contribution in [-0.2, 0) is 7.05 Å². The smallest absolute Gasteiger partial charge is 0.255 e. The highest BCUT2D eigenvalue weighted by molar-refractivity contribution is 5.59. The van der Waals surface area contributed by atoms with Crippen molar-refractivity contribution in [3.05, 3.63) is 65.3 Å². The van der Waals surface area contributed by atoms with E-state index in [9.17, 15) is 4.79 Å². The predicted octanol–water partition coefficient (Wildman–Crippen LogP) is 2.98. The van der Waals surface area contributed by atoms with Gasteiger partial charge >= 0.3 is 0 Å². The summed E-state index contributed by atoms with van der Waals surface area (Å²) >= 11 is 0. The molecule has 1 saturated heterocycles. The van der Waals surface area contributed by atoms with Crippen molar-refractivity contribution < 1.29 is 0 Å². The van der Waals surface area contributed by atoms with E-state index in [1.54, 1.807) is 30.1 Å². The number of aromatic nitrogens is 4. The molecule has 1 atom stereocenters. The Kier molecular flexibility index (Phi) is 6.59. The Balaban J connectivity index is 0.00000117. The van der Waals surface area contributed by atoms with Gasteiger partial charge in [0.15, 0.2) is 0 Å². The van der Waals surface area contributed by atoms with Crippen LogP contribution in [0.4, 0.5) is 11.8 Å². The number of pyridine rings is 2. The monoisotopic (exact) mass is 392 g/mol. The Hall–Kier alpha value is -3.22. The SMILES string of the molecule is CC.CC1CN(c2ccccn2)CCN1c1nc(-c2ccncc2)cc(=O)n1C. The van der Waals surface area contributed by atoms with E-state index in [1.165, 1.54) is 0 Å². The lowest BCUT2D eigenvalue weighted by atomic mass is 10.2. The minimum absolute atomic E-state index is 0.0637. The van der Waals surface area contributed by atoms with E-state index in [0.29, 0.717) is 11.6 Å². The zero-order valence-corrected chi connectivity index (χ0v) is 17.5. The molecule has 1 aliphatic heterocycles. The summed E-state index contributed by atoms with van der Waals surface area (Å²) in [5.41, 5.74) is 1.50. The molecular formula is C22H28N6O. The van der Waals surface area contributed by atoms with Gasteiger partial charge in [-0.2, -0.15) is 0 Å². The molecule has 1 fully saturated rings. The summed E-state index contributed by atoms with van der Waals surface area (Å²) < 4.78 is 1.62. The molecule has 1 aliphatic rings. The van der Waals surface area contributed by atoms with Gasteiger partial charge in [-0.25, -0.2) is 9.97 Å². The van der Waals surface area contributed by atoms with Crippen molar-refractivity contribution in [2.24, 2.45) is 7.05 Å². The van der Waals surface area contributed by atoms with E-state index >= 15 is 0 Å². The molecular weight excluding hydrogens is 364 g/mol. The summed E-state index contributed by atoms with van der Waals surface area (Å²) in [6.45, 7) is 8.58. The quantitative estimate of drug-likeness (QED) is 0.683. The van der Waals surface area contributed by atoms with Crippen LogP contribution >= 0.6 is 0 Å². The van der Waals surface area contributed by atoms with Crippen LogP contribution in [0.15, 0.2) is 59.8 Å². The van der Waals surface area contributed by atoms with Crippen molar-refractivity contribution in [2.45, 2.75) is 26.8 Å². The first-order chi connectivity index (χ1) is 14.1. The molecule has 0 aliphatic carbocycles. The van der Waals surface area contributed by atoms with Gasteiger partial charge in [-0.3, -0.25) is 14.3 Å². The highest BCUT2D eigenvalue weighted by Crippen LogP contribution is 2.23. The molecule has 4 rings (SSSR count). The third-order valence-electron chi connectivity index (χ3n) is 4.94. The number of hydrogen-bond donors (Lipinski definition) is 0. The Morgan fingerprint density at radius 3 is 2.45 bits per heavy atom. The molecule has 4 heterocycles. The average molecular weight is 393 g/mol. The first-order valence-electron chi connectivity index (χ1n) is 10.0. The van der Waals surface area contributed by atoms with Crippen molar-refractivity contribution in [3.8, 4) is 11.3 Å². The molecule has 7 heteroatoms. The minimum atomic E-state index is -0.0637.